The van der Waals surface area contributed by atoms with Crippen LogP contribution in [0.4, 0.5) is 0 Å². The van der Waals surface area contributed by atoms with Crippen LogP contribution in [0, 0.1) is 5.41 Å². The van der Waals surface area contributed by atoms with E-state index in [9.17, 15) is 18.3 Å². The first kappa shape index (κ1) is 17.4. The Morgan fingerprint density at radius 2 is 1.95 bits per heavy atom. The molecule has 1 saturated carbocycles. The van der Waals surface area contributed by atoms with E-state index in [1.165, 1.54) is 17.4 Å². The Labute approximate surface area is 144 Å². The summed E-state index contributed by atoms with van der Waals surface area (Å²) in [6, 6.07) is 1.51. The third-order valence-electron chi connectivity index (χ3n) is 3.78. The number of sulfonamides is 1. The molecule has 0 unspecified atom stereocenters. The van der Waals surface area contributed by atoms with Crippen molar-refractivity contribution in [1.29, 1.82) is 0 Å². The van der Waals surface area contributed by atoms with Crippen molar-refractivity contribution < 1.29 is 18.3 Å². The van der Waals surface area contributed by atoms with Gasteiger partial charge in [-0.2, -0.15) is 0 Å². The fourth-order valence-corrected chi connectivity index (χ4v) is 7.45. The molecule has 0 amide bonds. The van der Waals surface area contributed by atoms with Gasteiger partial charge in [-0.3, -0.25) is 4.79 Å². The molecule has 1 aromatic rings. The number of thiophene rings is 1. The molecule has 0 bridgehead atoms. The average Bonchev–Trinajstić information content (AvgIpc) is 2.77. The van der Waals surface area contributed by atoms with Crippen LogP contribution in [0.1, 0.15) is 32.1 Å². The lowest BCUT2D eigenvalue weighted by molar-refractivity contribution is -0.150. The lowest BCUT2D eigenvalue weighted by atomic mass is 9.74. The molecule has 0 aromatic carbocycles. The first-order chi connectivity index (χ1) is 9.77. The number of carboxylic acids is 1. The van der Waals surface area contributed by atoms with Gasteiger partial charge in [0.1, 0.15) is 4.90 Å². The Morgan fingerprint density at radius 3 is 2.43 bits per heavy atom. The number of hydrogen-bond acceptors (Lipinski definition) is 4. The van der Waals surface area contributed by atoms with E-state index in [4.69, 9.17) is 0 Å². The van der Waals surface area contributed by atoms with Crippen LogP contribution in [-0.4, -0.2) is 26.0 Å². The average molecular weight is 461 g/mol. The van der Waals surface area contributed by atoms with Gasteiger partial charge in [0, 0.05) is 6.54 Å². The maximum Gasteiger partial charge on any atom is 0.310 e. The summed E-state index contributed by atoms with van der Waals surface area (Å²) in [5.41, 5.74) is -0.981. The van der Waals surface area contributed by atoms with Crippen LogP contribution in [0.25, 0.3) is 0 Å². The summed E-state index contributed by atoms with van der Waals surface area (Å²) in [6.07, 6.45) is 3.67. The lowest BCUT2D eigenvalue weighted by Crippen LogP contribution is -2.44. The normalized spacial score (nSPS) is 18.6. The van der Waals surface area contributed by atoms with Crippen LogP contribution in [0.3, 0.4) is 0 Å². The molecule has 0 atom stereocenters. The molecule has 9 heteroatoms. The highest BCUT2D eigenvalue weighted by atomic mass is 79.9. The first-order valence-electron chi connectivity index (χ1n) is 6.45. The van der Waals surface area contributed by atoms with Crippen molar-refractivity contribution in [3.05, 3.63) is 13.6 Å². The van der Waals surface area contributed by atoms with Gasteiger partial charge in [-0.05, 0) is 50.8 Å². The molecule has 2 N–H and O–H groups in total. The quantitative estimate of drug-likeness (QED) is 0.703. The van der Waals surface area contributed by atoms with E-state index in [0.717, 1.165) is 19.3 Å². The molecule has 1 heterocycles. The second-order valence-corrected chi connectivity index (χ2v) is 10.6. The lowest BCUT2D eigenvalue weighted by Gasteiger charge is -2.33. The molecule has 1 fully saturated rings. The van der Waals surface area contributed by atoms with Crippen molar-refractivity contribution in [3.63, 3.8) is 0 Å². The van der Waals surface area contributed by atoms with Crippen molar-refractivity contribution in [3.8, 4) is 0 Å². The van der Waals surface area contributed by atoms with Gasteiger partial charge >= 0.3 is 5.97 Å². The van der Waals surface area contributed by atoms with Gasteiger partial charge in [0.2, 0.25) is 10.0 Å². The van der Waals surface area contributed by atoms with Crippen LogP contribution in [0.2, 0.25) is 0 Å². The second-order valence-electron chi connectivity index (χ2n) is 5.16. The van der Waals surface area contributed by atoms with Gasteiger partial charge in [0.25, 0.3) is 0 Å². The molecule has 0 saturated heterocycles. The number of carbonyl (C=O) groups is 1. The maximum atomic E-state index is 12.3. The molecule has 1 aliphatic rings. The van der Waals surface area contributed by atoms with E-state index in [2.05, 4.69) is 36.6 Å². The Hall–Kier alpha value is 0.0400. The molecular weight excluding hydrogens is 446 g/mol. The Kier molecular flexibility index (Phi) is 5.51. The highest BCUT2D eigenvalue weighted by Crippen LogP contribution is 2.38. The Morgan fingerprint density at radius 1 is 1.33 bits per heavy atom. The largest absolute Gasteiger partial charge is 0.481 e. The third kappa shape index (κ3) is 3.87. The third-order valence-corrected chi connectivity index (χ3v) is 7.94. The molecule has 21 heavy (non-hydrogen) atoms. The van der Waals surface area contributed by atoms with Crippen molar-refractivity contribution in [2.24, 2.45) is 5.41 Å². The number of hydrogen-bond donors (Lipinski definition) is 2. The molecule has 118 valence electrons. The van der Waals surface area contributed by atoms with Crippen molar-refractivity contribution in [2.75, 3.05) is 6.54 Å². The van der Waals surface area contributed by atoms with Gasteiger partial charge in [-0.1, -0.05) is 19.3 Å². The van der Waals surface area contributed by atoms with Gasteiger partial charge < -0.3 is 5.11 Å². The minimum atomic E-state index is -3.72. The van der Waals surface area contributed by atoms with Crippen molar-refractivity contribution in [2.45, 2.75) is 37.0 Å². The zero-order valence-corrected chi connectivity index (χ0v) is 15.9. The molecule has 1 aliphatic carbocycles. The van der Waals surface area contributed by atoms with E-state index in [0.29, 0.717) is 20.4 Å². The summed E-state index contributed by atoms with van der Waals surface area (Å²) >= 11 is 7.71. The van der Waals surface area contributed by atoms with Crippen LogP contribution in [0.15, 0.2) is 18.5 Å². The zero-order chi connectivity index (χ0) is 15.7. The highest BCUT2D eigenvalue weighted by Gasteiger charge is 2.40. The summed E-state index contributed by atoms with van der Waals surface area (Å²) in [7, 11) is -3.72. The van der Waals surface area contributed by atoms with Gasteiger partial charge in [-0.15, -0.1) is 11.3 Å². The van der Waals surface area contributed by atoms with E-state index < -0.39 is 21.4 Å². The van der Waals surface area contributed by atoms with E-state index in [-0.39, 0.29) is 11.4 Å². The minimum Gasteiger partial charge on any atom is -0.481 e. The van der Waals surface area contributed by atoms with Crippen LogP contribution >= 0.6 is 43.2 Å². The monoisotopic (exact) mass is 459 g/mol. The SMILES string of the molecule is O=C(O)C1(CNS(=O)(=O)c2cc(Br)sc2Br)CCCCC1. The Bertz CT molecular complexity index is 636. The topological polar surface area (TPSA) is 83.5 Å². The Balaban J connectivity index is 2.17. The number of carboxylic acid groups (broad SMARTS) is 1. The molecule has 2 rings (SSSR count). The van der Waals surface area contributed by atoms with Crippen LogP contribution in [-0.2, 0) is 14.8 Å². The summed E-state index contributed by atoms with van der Waals surface area (Å²) in [5.74, 6) is -0.921. The van der Waals surface area contributed by atoms with E-state index in [1.54, 1.807) is 0 Å². The zero-order valence-electron chi connectivity index (χ0n) is 11.1. The first-order valence-corrected chi connectivity index (χ1v) is 10.3. The number of halogens is 2. The summed E-state index contributed by atoms with van der Waals surface area (Å²) in [5, 5.41) is 9.47. The summed E-state index contributed by atoms with van der Waals surface area (Å²) < 4.78 is 28.3. The molecular formula is C12H15Br2NO4S2. The molecule has 0 spiro atoms. The van der Waals surface area contributed by atoms with E-state index in [1.807, 2.05) is 0 Å². The minimum absolute atomic E-state index is 0.0649. The van der Waals surface area contributed by atoms with Gasteiger partial charge in [-0.25, -0.2) is 13.1 Å². The highest BCUT2D eigenvalue weighted by molar-refractivity contribution is 9.12. The van der Waals surface area contributed by atoms with Crippen LogP contribution in [0.5, 0.6) is 0 Å². The van der Waals surface area contributed by atoms with E-state index >= 15 is 0 Å². The number of rotatable bonds is 5. The molecule has 0 aliphatic heterocycles. The fourth-order valence-electron chi connectivity index (χ4n) is 2.51. The van der Waals surface area contributed by atoms with Crippen molar-refractivity contribution >= 4 is 59.2 Å². The number of aliphatic carboxylic acids is 1. The number of nitrogens with one attached hydrogen (secondary N) is 1. The smallest absolute Gasteiger partial charge is 0.310 e. The van der Waals surface area contributed by atoms with Gasteiger partial charge in [0.05, 0.1) is 13.0 Å². The summed E-state index contributed by atoms with van der Waals surface area (Å²) in [6.45, 7) is -0.0649. The second kappa shape index (κ2) is 6.66. The molecule has 1 aromatic heterocycles. The molecule has 0 radical (unpaired) electrons. The predicted molar refractivity (Wildman–Crippen MR) is 88.1 cm³/mol. The predicted octanol–water partition coefficient (Wildman–Crippen LogP) is 3.59. The summed E-state index contributed by atoms with van der Waals surface area (Å²) in [4.78, 5) is 11.7. The van der Waals surface area contributed by atoms with Crippen LogP contribution < -0.4 is 4.72 Å². The van der Waals surface area contributed by atoms with Gasteiger partial charge in [0.15, 0.2) is 0 Å². The maximum absolute atomic E-state index is 12.3. The standard InChI is InChI=1S/C12H15Br2NO4S2/c13-9-6-8(10(14)20-9)21(18,19)15-7-12(11(16)17)4-2-1-3-5-12/h6,15H,1-5,7H2,(H,16,17). The molecule has 5 nitrogen and oxygen atoms in total. The fraction of sp³-hybridized carbons (Fsp3) is 0.583. The van der Waals surface area contributed by atoms with Crippen molar-refractivity contribution in [1.82, 2.24) is 4.72 Å².